The van der Waals surface area contributed by atoms with Crippen molar-refractivity contribution in [2.24, 2.45) is 0 Å². The van der Waals surface area contributed by atoms with Gasteiger partial charge in [0.15, 0.2) is 17.5 Å². The van der Waals surface area contributed by atoms with Crippen molar-refractivity contribution in [2.75, 3.05) is 0 Å². The third-order valence-corrected chi connectivity index (χ3v) is 9.91. The third-order valence-electron chi connectivity index (χ3n) is 9.91. The van der Waals surface area contributed by atoms with Gasteiger partial charge in [-0.3, -0.25) is 15.0 Å². The van der Waals surface area contributed by atoms with Crippen molar-refractivity contribution in [3.63, 3.8) is 0 Å². The molecule has 0 fully saturated rings. The normalized spacial score (nSPS) is 11.0. The highest BCUT2D eigenvalue weighted by atomic mass is 15.0. The van der Waals surface area contributed by atoms with Gasteiger partial charge in [0.1, 0.15) is 0 Å². The molecule has 0 amide bonds. The van der Waals surface area contributed by atoms with Gasteiger partial charge in [-0.25, -0.2) is 29.9 Å². The Morgan fingerprint density at radius 3 is 0.767 bits per heavy atom. The van der Waals surface area contributed by atoms with Crippen molar-refractivity contribution in [3.8, 4) is 102 Å². The number of nitrogens with zero attached hydrogens (tertiary/aromatic N) is 9. The molecule has 0 saturated heterocycles. The highest BCUT2D eigenvalue weighted by molar-refractivity contribution is 5.76. The lowest BCUT2D eigenvalue weighted by Gasteiger charge is -2.11. The van der Waals surface area contributed by atoms with Crippen molar-refractivity contribution < 1.29 is 0 Å². The van der Waals surface area contributed by atoms with Gasteiger partial charge in [0.05, 0.1) is 51.2 Å². The molecule has 282 valence electrons. The molecule has 60 heavy (non-hydrogen) atoms. The van der Waals surface area contributed by atoms with Gasteiger partial charge in [-0.15, -0.1) is 0 Å². The monoisotopic (exact) mass is 771 g/mol. The van der Waals surface area contributed by atoms with Crippen LogP contribution in [0, 0.1) is 0 Å². The molecule has 7 heterocycles. The molecule has 0 spiro atoms. The van der Waals surface area contributed by atoms with Crippen molar-refractivity contribution in [1.29, 1.82) is 0 Å². The summed E-state index contributed by atoms with van der Waals surface area (Å²) in [6, 6.07) is 59.8. The van der Waals surface area contributed by atoms with Crippen LogP contribution in [0.25, 0.3) is 102 Å². The molecule has 3 aromatic carbocycles. The Morgan fingerprint density at radius 2 is 0.467 bits per heavy atom. The van der Waals surface area contributed by atoms with Gasteiger partial charge in [-0.1, -0.05) is 91.0 Å². The van der Waals surface area contributed by atoms with Gasteiger partial charge in [0.25, 0.3) is 0 Å². The number of aromatic nitrogens is 9. The summed E-state index contributed by atoms with van der Waals surface area (Å²) in [6.45, 7) is 0. The fourth-order valence-corrected chi connectivity index (χ4v) is 6.97. The Bertz CT molecular complexity index is 2760. The van der Waals surface area contributed by atoms with E-state index in [0.29, 0.717) is 17.5 Å². The maximum absolute atomic E-state index is 5.12. The second-order valence-electron chi connectivity index (χ2n) is 13.9. The van der Waals surface area contributed by atoms with Crippen molar-refractivity contribution >= 4 is 0 Å². The fraction of sp³-hybridized carbons (Fsp3) is 0. The lowest BCUT2D eigenvalue weighted by atomic mass is 10.0. The first kappa shape index (κ1) is 35.9. The Balaban J connectivity index is 1.07. The Kier molecular flexibility index (Phi) is 9.71. The zero-order chi connectivity index (χ0) is 40.1. The van der Waals surface area contributed by atoms with Gasteiger partial charge < -0.3 is 0 Å². The van der Waals surface area contributed by atoms with E-state index in [9.17, 15) is 0 Å². The first-order chi connectivity index (χ1) is 29.7. The average molecular weight is 772 g/mol. The molecule has 7 aromatic heterocycles. The van der Waals surface area contributed by atoms with Gasteiger partial charge in [-0.2, -0.15) is 0 Å². The fourth-order valence-electron chi connectivity index (χ4n) is 6.97. The van der Waals surface area contributed by atoms with E-state index in [1.165, 1.54) is 0 Å². The highest BCUT2D eigenvalue weighted by Crippen LogP contribution is 2.32. The van der Waals surface area contributed by atoms with Crippen molar-refractivity contribution in [3.05, 3.63) is 201 Å². The maximum Gasteiger partial charge on any atom is 0.164 e. The second-order valence-corrected chi connectivity index (χ2v) is 13.9. The summed E-state index contributed by atoms with van der Waals surface area (Å²) in [5.74, 6) is 1.58. The summed E-state index contributed by atoms with van der Waals surface area (Å²) in [4.78, 5) is 43.8. The Hall–Kier alpha value is -8.43. The maximum atomic E-state index is 5.12. The van der Waals surface area contributed by atoms with Gasteiger partial charge >= 0.3 is 0 Å². The zero-order valence-electron chi connectivity index (χ0n) is 32.1. The van der Waals surface area contributed by atoms with E-state index in [4.69, 9.17) is 29.9 Å². The van der Waals surface area contributed by atoms with Crippen LogP contribution >= 0.6 is 0 Å². The summed E-state index contributed by atoms with van der Waals surface area (Å²) in [7, 11) is 0. The van der Waals surface area contributed by atoms with Crippen LogP contribution in [0.15, 0.2) is 201 Å². The Morgan fingerprint density at radius 1 is 0.200 bits per heavy atom. The van der Waals surface area contributed by atoms with E-state index in [0.717, 1.165) is 84.6 Å². The molecule has 0 aliphatic rings. The van der Waals surface area contributed by atoms with E-state index in [-0.39, 0.29) is 0 Å². The van der Waals surface area contributed by atoms with Crippen LogP contribution in [-0.4, -0.2) is 44.9 Å². The molecule has 0 saturated carbocycles. The number of pyridine rings is 6. The Labute approximate surface area is 346 Å². The highest BCUT2D eigenvalue weighted by Gasteiger charge is 2.16. The van der Waals surface area contributed by atoms with E-state index in [1.807, 2.05) is 164 Å². The quantitative estimate of drug-likeness (QED) is 0.141. The molecule has 10 rings (SSSR count). The molecule has 0 radical (unpaired) electrons. The standard InChI is InChI=1S/C51H33N9/c1-4-28-52-43(19-1)46-25-10-22-40(55-46)34-13-7-16-37(31-34)49-58-50(38-17-8-14-35(32-38)41-23-11-26-47(56-41)44-20-2-5-29-53-44)60-51(59-49)39-18-9-15-36(33-39)42-24-12-27-48(57-42)45-21-3-6-30-54-45/h1-33H. The molecule has 9 nitrogen and oxygen atoms in total. The summed E-state index contributed by atoms with van der Waals surface area (Å²) in [6.07, 6.45) is 5.33. The van der Waals surface area contributed by atoms with Crippen LogP contribution in [0.4, 0.5) is 0 Å². The molecule has 0 aliphatic heterocycles. The van der Waals surface area contributed by atoms with Crippen LogP contribution in [-0.2, 0) is 0 Å². The zero-order valence-corrected chi connectivity index (χ0v) is 32.1. The van der Waals surface area contributed by atoms with Gasteiger partial charge in [0.2, 0.25) is 0 Å². The predicted octanol–water partition coefficient (Wildman–Crippen LogP) is 11.2. The minimum atomic E-state index is 0.527. The molecule has 0 N–H and O–H groups in total. The summed E-state index contributed by atoms with van der Waals surface area (Å²) in [5, 5.41) is 0. The molecular weight excluding hydrogens is 739 g/mol. The number of rotatable bonds is 9. The first-order valence-electron chi connectivity index (χ1n) is 19.4. The molecule has 9 heteroatoms. The molecule has 0 aliphatic carbocycles. The molecule has 0 atom stereocenters. The lowest BCUT2D eigenvalue weighted by molar-refractivity contribution is 1.07. The third kappa shape index (κ3) is 7.66. The summed E-state index contributed by atoms with van der Waals surface area (Å²) >= 11 is 0. The van der Waals surface area contributed by atoms with Crippen LogP contribution in [0.2, 0.25) is 0 Å². The SMILES string of the molecule is c1ccc(-c2cccc(-c3cccc(-c4nc(-c5cccc(-c6cccc(-c7ccccn7)n6)c5)nc(-c5cccc(-c6cccc(-c7ccccn7)n6)c5)n4)c3)n2)nc1. The van der Waals surface area contributed by atoms with Gasteiger partial charge in [0, 0.05) is 52.0 Å². The van der Waals surface area contributed by atoms with E-state index in [1.54, 1.807) is 18.6 Å². The minimum absolute atomic E-state index is 0.527. The van der Waals surface area contributed by atoms with Crippen LogP contribution in [0.1, 0.15) is 0 Å². The number of hydrogen-bond acceptors (Lipinski definition) is 9. The summed E-state index contributed by atoms with van der Waals surface area (Å²) < 4.78 is 0. The number of hydrogen-bond donors (Lipinski definition) is 0. The van der Waals surface area contributed by atoms with E-state index in [2.05, 4.69) is 33.2 Å². The molecule has 0 unspecified atom stereocenters. The van der Waals surface area contributed by atoms with E-state index >= 15 is 0 Å². The average Bonchev–Trinajstić information content (AvgIpc) is 3.35. The van der Waals surface area contributed by atoms with Crippen LogP contribution < -0.4 is 0 Å². The van der Waals surface area contributed by atoms with Crippen LogP contribution in [0.5, 0.6) is 0 Å². The molecule has 0 bridgehead atoms. The molecule has 10 aromatic rings. The van der Waals surface area contributed by atoms with Gasteiger partial charge in [-0.05, 0) is 91.0 Å². The minimum Gasteiger partial charge on any atom is -0.255 e. The second kappa shape index (κ2) is 16.2. The lowest BCUT2D eigenvalue weighted by Crippen LogP contribution is -2.01. The van der Waals surface area contributed by atoms with Crippen molar-refractivity contribution in [2.45, 2.75) is 0 Å². The molecular formula is C51H33N9. The first-order valence-corrected chi connectivity index (χ1v) is 19.4. The van der Waals surface area contributed by atoms with E-state index < -0.39 is 0 Å². The topological polar surface area (TPSA) is 116 Å². The smallest absolute Gasteiger partial charge is 0.164 e. The summed E-state index contributed by atoms with van der Waals surface area (Å²) in [5.41, 5.74) is 12.5. The van der Waals surface area contributed by atoms with Crippen molar-refractivity contribution in [1.82, 2.24) is 44.9 Å². The van der Waals surface area contributed by atoms with Crippen LogP contribution in [0.3, 0.4) is 0 Å². The largest absolute Gasteiger partial charge is 0.255 e. The number of benzene rings is 3. The predicted molar refractivity (Wildman–Crippen MR) is 236 cm³/mol.